The molecule has 0 aliphatic rings. The van der Waals surface area contributed by atoms with Gasteiger partial charge in [-0.2, -0.15) is 0 Å². The molecule has 98 valence electrons. The predicted octanol–water partition coefficient (Wildman–Crippen LogP) is 2.28. The Bertz CT molecular complexity index is 651. The SMILES string of the molecule is O=C(O)c1cccn1Cc1cc(F)ccc1[N+](=O)[O-]. The lowest BCUT2D eigenvalue weighted by Gasteiger charge is -2.07. The van der Waals surface area contributed by atoms with Crippen molar-refractivity contribution in [2.45, 2.75) is 6.54 Å². The number of hydrogen-bond acceptors (Lipinski definition) is 3. The molecule has 6 nitrogen and oxygen atoms in total. The van der Waals surface area contributed by atoms with Crippen LogP contribution in [0.2, 0.25) is 0 Å². The van der Waals surface area contributed by atoms with Gasteiger partial charge in [0.25, 0.3) is 5.69 Å². The first-order valence-corrected chi connectivity index (χ1v) is 5.30. The summed E-state index contributed by atoms with van der Waals surface area (Å²) in [5.41, 5.74) is -0.145. The second-order valence-corrected chi connectivity index (χ2v) is 3.86. The van der Waals surface area contributed by atoms with Crippen molar-refractivity contribution >= 4 is 11.7 Å². The number of nitro benzene ring substituents is 1. The summed E-state index contributed by atoms with van der Waals surface area (Å²) in [5.74, 6) is -1.76. The summed E-state index contributed by atoms with van der Waals surface area (Å²) in [6.07, 6.45) is 1.47. The van der Waals surface area contributed by atoms with E-state index in [9.17, 15) is 19.3 Å². The first-order chi connectivity index (χ1) is 8.99. The van der Waals surface area contributed by atoms with E-state index >= 15 is 0 Å². The van der Waals surface area contributed by atoms with Gasteiger partial charge in [0.1, 0.15) is 11.5 Å². The number of aromatic carboxylic acids is 1. The number of hydrogen-bond donors (Lipinski definition) is 1. The molecule has 0 saturated carbocycles. The highest BCUT2D eigenvalue weighted by Crippen LogP contribution is 2.21. The Labute approximate surface area is 106 Å². The zero-order valence-electron chi connectivity index (χ0n) is 9.62. The summed E-state index contributed by atoms with van der Waals surface area (Å²) in [7, 11) is 0. The van der Waals surface area contributed by atoms with Crippen LogP contribution in [-0.4, -0.2) is 20.6 Å². The average molecular weight is 264 g/mol. The van der Waals surface area contributed by atoms with Gasteiger partial charge < -0.3 is 9.67 Å². The topological polar surface area (TPSA) is 85.4 Å². The van der Waals surface area contributed by atoms with E-state index in [1.165, 1.54) is 22.9 Å². The molecular weight excluding hydrogens is 255 g/mol. The van der Waals surface area contributed by atoms with Crippen LogP contribution in [-0.2, 0) is 6.54 Å². The van der Waals surface area contributed by atoms with Gasteiger partial charge in [-0.3, -0.25) is 10.1 Å². The summed E-state index contributed by atoms with van der Waals surface area (Å²) in [4.78, 5) is 21.1. The predicted molar refractivity (Wildman–Crippen MR) is 63.5 cm³/mol. The van der Waals surface area contributed by atoms with Crippen LogP contribution in [0.1, 0.15) is 16.1 Å². The molecule has 0 amide bonds. The second-order valence-electron chi connectivity index (χ2n) is 3.86. The number of carboxylic acids is 1. The van der Waals surface area contributed by atoms with Crippen molar-refractivity contribution in [1.82, 2.24) is 4.57 Å². The lowest BCUT2D eigenvalue weighted by Crippen LogP contribution is -2.10. The van der Waals surface area contributed by atoms with Gasteiger partial charge in [-0.15, -0.1) is 0 Å². The van der Waals surface area contributed by atoms with Gasteiger partial charge in [0.2, 0.25) is 0 Å². The molecule has 0 aliphatic heterocycles. The maximum Gasteiger partial charge on any atom is 0.352 e. The van der Waals surface area contributed by atoms with Gasteiger partial charge in [-0.25, -0.2) is 9.18 Å². The highest BCUT2D eigenvalue weighted by atomic mass is 19.1. The Morgan fingerprint density at radius 3 is 2.79 bits per heavy atom. The van der Waals surface area contributed by atoms with Crippen LogP contribution >= 0.6 is 0 Å². The minimum absolute atomic E-state index is 0.0152. The van der Waals surface area contributed by atoms with Crippen LogP contribution in [0.5, 0.6) is 0 Å². The number of benzene rings is 1. The third-order valence-electron chi connectivity index (χ3n) is 2.63. The van der Waals surface area contributed by atoms with Gasteiger partial charge in [0, 0.05) is 12.3 Å². The number of carboxylic acid groups (broad SMARTS) is 1. The minimum Gasteiger partial charge on any atom is -0.477 e. The molecule has 1 heterocycles. The first-order valence-electron chi connectivity index (χ1n) is 5.30. The fourth-order valence-electron chi connectivity index (χ4n) is 1.79. The molecule has 0 spiro atoms. The van der Waals surface area contributed by atoms with Crippen molar-refractivity contribution in [3.8, 4) is 0 Å². The molecule has 1 N–H and O–H groups in total. The molecule has 0 aliphatic carbocycles. The Hall–Kier alpha value is -2.70. The molecule has 0 saturated heterocycles. The normalized spacial score (nSPS) is 10.4. The zero-order valence-corrected chi connectivity index (χ0v) is 9.62. The maximum atomic E-state index is 13.2. The van der Waals surface area contributed by atoms with E-state index in [0.717, 1.165) is 18.2 Å². The molecule has 0 atom stereocenters. The van der Waals surface area contributed by atoms with Crippen LogP contribution < -0.4 is 0 Å². The van der Waals surface area contributed by atoms with Crippen molar-refractivity contribution < 1.29 is 19.2 Å². The van der Waals surface area contributed by atoms with Gasteiger partial charge in [0.15, 0.2) is 0 Å². The average Bonchev–Trinajstić information content (AvgIpc) is 2.76. The molecule has 0 fully saturated rings. The van der Waals surface area contributed by atoms with Crippen LogP contribution in [0.15, 0.2) is 36.5 Å². The lowest BCUT2D eigenvalue weighted by atomic mass is 10.1. The Balaban J connectivity index is 2.42. The van der Waals surface area contributed by atoms with E-state index in [1.807, 2.05) is 0 Å². The third kappa shape index (κ3) is 2.59. The monoisotopic (exact) mass is 264 g/mol. The van der Waals surface area contributed by atoms with Crippen LogP contribution in [0.25, 0.3) is 0 Å². The van der Waals surface area contributed by atoms with E-state index in [0.29, 0.717) is 0 Å². The van der Waals surface area contributed by atoms with E-state index in [-0.39, 0.29) is 23.5 Å². The maximum absolute atomic E-state index is 13.2. The van der Waals surface area contributed by atoms with E-state index in [4.69, 9.17) is 5.11 Å². The van der Waals surface area contributed by atoms with Crippen LogP contribution in [0.3, 0.4) is 0 Å². The smallest absolute Gasteiger partial charge is 0.352 e. The molecule has 0 unspecified atom stereocenters. The number of nitro groups is 1. The Morgan fingerprint density at radius 1 is 1.42 bits per heavy atom. The summed E-state index contributed by atoms with van der Waals surface area (Å²) < 4.78 is 14.5. The Morgan fingerprint density at radius 2 is 2.16 bits per heavy atom. The molecule has 1 aromatic carbocycles. The van der Waals surface area contributed by atoms with Crippen LogP contribution in [0, 0.1) is 15.9 Å². The fraction of sp³-hybridized carbons (Fsp3) is 0.0833. The summed E-state index contributed by atoms with van der Waals surface area (Å²) in [6.45, 7) is -0.0806. The summed E-state index contributed by atoms with van der Waals surface area (Å²) in [5, 5.41) is 19.8. The highest BCUT2D eigenvalue weighted by molar-refractivity contribution is 5.85. The van der Waals surface area contributed by atoms with Crippen LogP contribution in [0.4, 0.5) is 10.1 Å². The van der Waals surface area contributed by atoms with Crippen molar-refractivity contribution in [2.75, 3.05) is 0 Å². The first kappa shape index (κ1) is 12.7. The zero-order chi connectivity index (χ0) is 14.0. The number of nitrogens with zero attached hydrogens (tertiary/aromatic N) is 2. The second kappa shape index (κ2) is 4.89. The number of aromatic nitrogens is 1. The molecule has 2 aromatic rings. The standard InChI is InChI=1S/C12H9FN2O4/c13-9-3-4-10(15(18)19)8(6-9)7-14-5-1-2-11(14)12(16)17/h1-6H,7H2,(H,16,17). The Kier molecular flexibility index (Phi) is 3.28. The fourth-order valence-corrected chi connectivity index (χ4v) is 1.79. The third-order valence-corrected chi connectivity index (χ3v) is 2.63. The van der Waals surface area contributed by atoms with E-state index < -0.39 is 16.7 Å². The minimum atomic E-state index is -1.15. The van der Waals surface area contributed by atoms with Crippen molar-refractivity contribution in [3.05, 3.63) is 63.7 Å². The number of carbonyl (C=O) groups is 1. The molecule has 1 aromatic heterocycles. The molecule has 19 heavy (non-hydrogen) atoms. The summed E-state index contributed by atoms with van der Waals surface area (Å²) in [6, 6.07) is 5.97. The van der Waals surface area contributed by atoms with Crippen molar-refractivity contribution in [2.24, 2.45) is 0 Å². The number of halogens is 1. The largest absolute Gasteiger partial charge is 0.477 e. The highest BCUT2D eigenvalue weighted by Gasteiger charge is 2.17. The molecule has 2 rings (SSSR count). The van der Waals surface area contributed by atoms with E-state index in [1.54, 1.807) is 0 Å². The van der Waals surface area contributed by atoms with Crippen molar-refractivity contribution in [3.63, 3.8) is 0 Å². The van der Waals surface area contributed by atoms with E-state index in [2.05, 4.69) is 0 Å². The quantitative estimate of drug-likeness (QED) is 0.678. The molecule has 0 radical (unpaired) electrons. The lowest BCUT2D eigenvalue weighted by molar-refractivity contribution is -0.385. The molecule has 7 heteroatoms. The van der Waals surface area contributed by atoms with Gasteiger partial charge in [0.05, 0.1) is 17.0 Å². The molecule has 0 bridgehead atoms. The van der Waals surface area contributed by atoms with Gasteiger partial charge >= 0.3 is 5.97 Å². The summed E-state index contributed by atoms with van der Waals surface area (Å²) >= 11 is 0. The van der Waals surface area contributed by atoms with Gasteiger partial charge in [-0.1, -0.05) is 0 Å². The van der Waals surface area contributed by atoms with Gasteiger partial charge in [-0.05, 0) is 24.3 Å². The number of rotatable bonds is 4. The molecular formula is C12H9FN2O4. The van der Waals surface area contributed by atoms with Crippen molar-refractivity contribution in [1.29, 1.82) is 0 Å².